The van der Waals surface area contributed by atoms with E-state index < -0.39 is 0 Å². The minimum atomic E-state index is -0.359. The van der Waals surface area contributed by atoms with Crippen LogP contribution >= 0.6 is 0 Å². The van der Waals surface area contributed by atoms with Crippen molar-refractivity contribution < 1.29 is 9.47 Å². The summed E-state index contributed by atoms with van der Waals surface area (Å²) in [5.74, 6) is 2.00. The Labute approximate surface area is 108 Å². The van der Waals surface area contributed by atoms with Crippen LogP contribution in [0.4, 0.5) is 0 Å². The van der Waals surface area contributed by atoms with E-state index in [1.165, 1.54) is 0 Å². The zero-order valence-electron chi connectivity index (χ0n) is 12.5. The van der Waals surface area contributed by atoms with Crippen LogP contribution in [0.3, 0.4) is 0 Å². The molecule has 0 heterocycles. The van der Waals surface area contributed by atoms with Crippen molar-refractivity contribution in [3.8, 4) is 0 Å². The van der Waals surface area contributed by atoms with Gasteiger partial charge >= 0.3 is 0 Å². The Bertz CT molecular complexity index is 254. The highest BCUT2D eigenvalue weighted by Crippen LogP contribution is 2.25. The highest BCUT2D eigenvalue weighted by molar-refractivity contribution is 6.59. The Morgan fingerprint density at radius 2 is 1.35 bits per heavy atom. The molecule has 17 heavy (non-hydrogen) atoms. The van der Waals surface area contributed by atoms with Gasteiger partial charge in [-0.1, -0.05) is 33.9 Å². The number of ether oxygens (including phenoxy) is 2. The molecule has 0 spiro atoms. The lowest BCUT2D eigenvalue weighted by molar-refractivity contribution is 0.233. The molecule has 0 aromatic heterocycles. The fourth-order valence-electron chi connectivity index (χ4n) is 0.949. The van der Waals surface area contributed by atoms with Crippen LogP contribution in [0.15, 0.2) is 23.7 Å². The molecule has 100 valence electrons. The molecule has 0 atom stereocenters. The molecule has 0 unspecified atom stereocenters. The largest absolute Gasteiger partial charge is 0.501 e. The fourth-order valence-corrected chi connectivity index (χ4v) is 0.949. The summed E-state index contributed by atoms with van der Waals surface area (Å²) in [5.41, 5.74) is 0. The van der Waals surface area contributed by atoms with E-state index in [1.54, 1.807) is 14.2 Å². The van der Waals surface area contributed by atoms with E-state index in [1.807, 2.05) is 0 Å². The first kappa shape index (κ1) is 16.3. The Morgan fingerprint density at radius 1 is 1.00 bits per heavy atom. The molecule has 0 aromatic rings. The molecule has 2 nitrogen and oxygen atoms in total. The maximum Gasteiger partial charge on any atom is 0.0993 e. The highest BCUT2D eigenvalue weighted by Gasteiger charge is 2.15. The molecule has 0 amide bonds. The van der Waals surface area contributed by atoms with Crippen LogP contribution < -0.4 is 0 Å². The second kappa shape index (κ2) is 7.59. The summed E-state index contributed by atoms with van der Waals surface area (Å²) >= 11 is 0. The fraction of sp³-hybridized carbons (Fsp3) is 0.714. The van der Waals surface area contributed by atoms with Crippen LogP contribution in [-0.4, -0.2) is 23.0 Å². The van der Waals surface area contributed by atoms with E-state index in [4.69, 9.17) is 9.47 Å². The monoisotopic (exact) mass is 256 g/mol. The van der Waals surface area contributed by atoms with E-state index in [0.29, 0.717) is 5.04 Å². The normalized spacial score (nSPS) is 15.5. The van der Waals surface area contributed by atoms with Gasteiger partial charge < -0.3 is 9.47 Å². The van der Waals surface area contributed by atoms with Gasteiger partial charge in [0.2, 0.25) is 0 Å². The van der Waals surface area contributed by atoms with Gasteiger partial charge in [0.25, 0.3) is 0 Å². The number of rotatable bonds is 2. The minimum absolute atomic E-state index is 0.359. The van der Waals surface area contributed by atoms with Gasteiger partial charge in [-0.15, -0.1) is 0 Å². The zero-order valence-corrected chi connectivity index (χ0v) is 13.6. The summed E-state index contributed by atoms with van der Waals surface area (Å²) in [4.78, 5) is 0. The number of hydrogen-bond donors (Lipinski definition) is 0. The van der Waals surface area contributed by atoms with Crippen molar-refractivity contribution in [1.82, 2.24) is 0 Å². The van der Waals surface area contributed by atoms with Crippen LogP contribution in [-0.2, 0) is 9.47 Å². The van der Waals surface area contributed by atoms with Crippen LogP contribution in [0.2, 0.25) is 18.1 Å². The molecule has 0 saturated carbocycles. The predicted molar refractivity (Wildman–Crippen MR) is 78.0 cm³/mol. The molecule has 0 N–H and O–H groups in total. The SMILES string of the molecule is COC1=CCC=C(OC)C1.C[SiH](C)C(C)(C)C. The smallest absolute Gasteiger partial charge is 0.0993 e. The maximum atomic E-state index is 5.06. The van der Waals surface area contributed by atoms with Gasteiger partial charge in [0.1, 0.15) is 0 Å². The Hall–Kier alpha value is -0.703. The van der Waals surface area contributed by atoms with E-state index in [-0.39, 0.29) is 8.80 Å². The van der Waals surface area contributed by atoms with E-state index in [0.717, 1.165) is 24.4 Å². The van der Waals surface area contributed by atoms with E-state index in [9.17, 15) is 0 Å². The lowest BCUT2D eigenvalue weighted by Crippen LogP contribution is -2.16. The third-order valence-corrected chi connectivity index (χ3v) is 6.76. The third kappa shape index (κ3) is 7.26. The highest BCUT2D eigenvalue weighted by atomic mass is 28.3. The lowest BCUT2D eigenvalue weighted by atomic mass is 10.1. The molecule has 0 fully saturated rings. The summed E-state index contributed by atoms with van der Waals surface area (Å²) in [6.45, 7) is 11.7. The van der Waals surface area contributed by atoms with Gasteiger partial charge in [0.15, 0.2) is 0 Å². The molecule has 1 rings (SSSR count). The van der Waals surface area contributed by atoms with Crippen molar-refractivity contribution in [3.05, 3.63) is 23.7 Å². The minimum Gasteiger partial charge on any atom is -0.501 e. The zero-order chi connectivity index (χ0) is 13.5. The number of methoxy groups -OCH3 is 2. The molecule has 0 aromatic carbocycles. The summed E-state index contributed by atoms with van der Waals surface area (Å²) in [6.07, 6.45) is 5.84. The summed E-state index contributed by atoms with van der Waals surface area (Å²) in [6, 6.07) is 0. The third-order valence-electron chi connectivity index (χ3n) is 3.30. The van der Waals surface area contributed by atoms with Gasteiger partial charge in [-0.2, -0.15) is 0 Å². The van der Waals surface area contributed by atoms with Crippen molar-refractivity contribution in [2.75, 3.05) is 14.2 Å². The molecule has 0 saturated heterocycles. The predicted octanol–water partition coefficient (Wildman–Crippen LogP) is 4.11. The van der Waals surface area contributed by atoms with Gasteiger partial charge in [0.05, 0.1) is 32.2 Å². The summed E-state index contributed by atoms with van der Waals surface area (Å²) in [5, 5.41) is 0.639. The second-order valence-corrected chi connectivity index (χ2v) is 9.72. The van der Waals surface area contributed by atoms with Crippen molar-refractivity contribution in [2.24, 2.45) is 0 Å². The van der Waals surface area contributed by atoms with Gasteiger partial charge in [-0.3, -0.25) is 0 Å². The van der Waals surface area contributed by atoms with Crippen molar-refractivity contribution in [1.29, 1.82) is 0 Å². The van der Waals surface area contributed by atoms with E-state index in [2.05, 4.69) is 46.0 Å². The first-order chi connectivity index (χ1) is 7.81. The molecule has 1 aliphatic rings. The average molecular weight is 256 g/mol. The average Bonchev–Trinajstić information content (AvgIpc) is 2.28. The lowest BCUT2D eigenvalue weighted by Gasteiger charge is -2.21. The van der Waals surface area contributed by atoms with Crippen LogP contribution in [0, 0.1) is 0 Å². The first-order valence-corrected chi connectivity index (χ1v) is 9.16. The second-order valence-electron chi connectivity index (χ2n) is 5.68. The Kier molecular flexibility index (Phi) is 7.28. The van der Waals surface area contributed by atoms with E-state index >= 15 is 0 Å². The number of hydrogen-bond acceptors (Lipinski definition) is 2. The molecule has 0 radical (unpaired) electrons. The van der Waals surface area contributed by atoms with Crippen LogP contribution in [0.25, 0.3) is 0 Å². The van der Waals surface area contributed by atoms with Gasteiger partial charge in [0, 0.05) is 8.80 Å². The molecular weight excluding hydrogens is 228 g/mol. The standard InChI is InChI=1S/C8H12O2.C6H16Si/c1-9-7-4-3-5-8(6-7)10-2;1-6(2,3)7(4)5/h4-5H,3,6H2,1-2H3;7H,1-5H3. The summed E-state index contributed by atoms with van der Waals surface area (Å²) < 4.78 is 10.1. The Morgan fingerprint density at radius 3 is 1.59 bits per heavy atom. The maximum absolute atomic E-state index is 5.06. The van der Waals surface area contributed by atoms with Crippen LogP contribution in [0.5, 0.6) is 0 Å². The molecule has 0 aliphatic heterocycles. The van der Waals surface area contributed by atoms with Crippen molar-refractivity contribution >= 4 is 8.80 Å². The number of allylic oxidation sites excluding steroid dienone is 2. The van der Waals surface area contributed by atoms with Crippen molar-refractivity contribution in [3.63, 3.8) is 0 Å². The molecule has 0 bridgehead atoms. The van der Waals surface area contributed by atoms with Crippen LogP contribution in [0.1, 0.15) is 33.6 Å². The molecule has 3 heteroatoms. The molecule has 1 aliphatic carbocycles. The topological polar surface area (TPSA) is 18.5 Å². The quantitative estimate of drug-likeness (QED) is 0.692. The molecular formula is C14H28O2Si. The Balaban J connectivity index is 0.000000325. The first-order valence-electron chi connectivity index (χ1n) is 6.27. The van der Waals surface area contributed by atoms with Gasteiger partial charge in [-0.25, -0.2) is 0 Å². The van der Waals surface area contributed by atoms with Crippen molar-refractivity contribution in [2.45, 2.75) is 51.7 Å². The van der Waals surface area contributed by atoms with Gasteiger partial charge in [-0.05, 0) is 23.6 Å². The summed E-state index contributed by atoms with van der Waals surface area (Å²) in [7, 11) is 3.01.